The topological polar surface area (TPSA) is 57.4 Å². The molecule has 1 amide bonds. The van der Waals surface area contributed by atoms with Crippen LogP contribution in [0.15, 0.2) is 36.4 Å². The summed E-state index contributed by atoms with van der Waals surface area (Å²) < 4.78 is 6.65. The molecule has 6 heteroatoms. The van der Waals surface area contributed by atoms with E-state index in [2.05, 4.69) is 28.2 Å². The zero-order valence-electron chi connectivity index (χ0n) is 15.7. The molecule has 0 spiro atoms. The van der Waals surface area contributed by atoms with Crippen LogP contribution >= 0.6 is 11.3 Å². The highest BCUT2D eigenvalue weighted by molar-refractivity contribution is 7.19. The number of hydrogen-bond acceptors (Lipinski definition) is 4. The van der Waals surface area contributed by atoms with Crippen molar-refractivity contribution >= 4 is 27.5 Å². The van der Waals surface area contributed by atoms with Crippen LogP contribution in [-0.4, -0.2) is 42.1 Å². The molecule has 0 aliphatic carbocycles. The zero-order valence-corrected chi connectivity index (χ0v) is 16.6. The lowest BCUT2D eigenvalue weighted by atomic mass is 10.1. The summed E-state index contributed by atoms with van der Waals surface area (Å²) in [4.78, 5) is 20.0. The average molecular weight is 384 g/mol. The predicted octanol–water partition coefficient (Wildman–Crippen LogP) is 3.86. The number of aryl methyl sites for hydroxylation is 1. The largest absolute Gasteiger partial charge is 0.379 e. The van der Waals surface area contributed by atoms with Gasteiger partial charge in [-0.3, -0.25) is 9.69 Å². The monoisotopic (exact) mass is 383 g/mol. The van der Waals surface area contributed by atoms with Gasteiger partial charge in [0.15, 0.2) is 0 Å². The lowest BCUT2D eigenvalue weighted by molar-refractivity contribution is 0.0342. The number of morpholine rings is 1. The Morgan fingerprint density at radius 2 is 2.04 bits per heavy atom. The summed E-state index contributed by atoms with van der Waals surface area (Å²) in [6, 6.07) is 12.1. The Hall–Kier alpha value is -2.15. The number of thiophene rings is 1. The van der Waals surface area contributed by atoms with Crippen LogP contribution in [0, 0.1) is 6.92 Å². The molecule has 27 heavy (non-hydrogen) atoms. The lowest BCUT2D eigenvalue weighted by Crippen LogP contribution is -2.36. The summed E-state index contributed by atoms with van der Waals surface area (Å²) in [7, 11) is 0. The molecule has 142 valence electrons. The first-order valence-electron chi connectivity index (χ1n) is 9.38. The molecule has 1 aromatic carbocycles. The fourth-order valence-electron chi connectivity index (χ4n) is 3.58. The average Bonchev–Trinajstić information content (AvgIpc) is 3.20. The van der Waals surface area contributed by atoms with Crippen LogP contribution in [-0.2, 0) is 11.3 Å². The van der Waals surface area contributed by atoms with E-state index in [-0.39, 0.29) is 11.9 Å². The number of aromatic amines is 1. The minimum absolute atomic E-state index is 0.0435. The van der Waals surface area contributed by atoms with Gasteiger partial charge < -0.3 is 15.0 Å². The molecular weight excluding hydrogens is 358 g/mol. The van der Waals surface area contributed by atoms with Crippen LogP contribution in [0.4, 0.5) is 0 Å². The first kappa shape index (κ1) is 18.2. The first-order chi connectivity index (χ1) is 13.1. The third-order valence-electron chi connectivity index (χ3n) is 5.05. The van der Waals surface area contributed by atoms with E-state index in [9.17, 15) is 4.79 Å². The Bertz CT molecular complexity index is 926. The molecule has 4 rings (SSSR count). The van der Waals surface area contributed by atoms with Crippen LogP contribution in [0.5, 0.6) is 0 Å². The van der Waals surface area contributed by atoms with Crippen molar-refractivity contribution in [1.82, 2.24) is 15.2 Å². The third-order valence-corrected chi connectivity index (χ3v) is 6.16. The van der Waals surface area contributed by atoms with E-state index in [0.29, 0.717) is 5.69 Å². The van der Waals surface area contributed by atoms with Gasteiger partial charge in [0.05, 0.1) is 29.5 Å². The number of aromatic nitrogens is 1. The van der Waals surface area contributed by atoms with Gasteiger partial charge in [0.25, 0.3) is 5.91 Å². The number of rotatable bonds is 5. The summed E-state index contributed by atoms with van der Waals surface area (Å²) in [6.07, 6.45) is 0. The lowest BCUT2D eigenvalue weighted by Gasteiger charge is -2.26. The molecule has 5 nitrogen and oxygen atoms in total. The van der Waals surface area contributed by atoms with Crippen LogP contribution in [0.2, 0.25) is 0 Å². The second kappa shape index (κ2) is 7.84. The van der Waals surface area contributed by atoms with Crippen molar-refractivity contribution in [3.8, 4) is 0 Å². The summed E-state index contributed by atoms with van der Waals surface area (Å²) in [5, 5.41) is 3.15. The summed E-state index contributed by atoms with van der Waals surface area (Å²) >= 11 is 1.75. The van der Waals surface area contributed by atoms with Crippen molar-refractivity contribution in [3.63, 3.8) is 0 Å². The minimum atomic E-state index is -0.0457. The van der Waals surface area contributed by atoms with Crippen LogP contribution in [0.3, 0.4) is 0 Å². The maximum absolute atomic E-state index is 13.1. The Morgan fingerprint density at radius 1 is 1.30 bits per heavy atom. The van der Waals surface area contributed by atoms with Gasteiger partial charge in [0, 0.05) is 30.1 Å². The number of ether oxygens (including phenoxy) is 1. The van der Waals surface area contributed by atoms with Crippen molar-refractivity contribution < 1.29 is 9.53 Å². The fourth-order valence-corrected chi connectivity index (χ4v) is 4.58. The van der Waals surface area contributed by atoms with Crippen molar-refractivity contribution in [1.29, 1.82) is 0 Å². The normalized spacial score (nSPS) is 16.5. The molecule has 1 aliphatic heterocycles. The Balaban J connectivity index is 1.60. The molecule has 3 aromatic rings. The van der Waals surface area contributed by atoms with E-state index in [1.807, 2.05) is 37.3 Å². The molecule has 1 atom stereocenters. The van der Waals surface area contributed by atoms with E-state index in [0.717, 1.165) is 49.5 Å². The minimum Gasteiger partial charge on any atom is -0.379 e. The number of fused-ring (bicyclic) bond motifs is 1. The summed E-state index contributed by atoms with van der Waals surface area (Å²) in [5.41, 5.74) is 3.94. The highest BCUT2D eigenvalue weighted by Crippen LogP contribution is 2.32. The standard InChI is InChI=1S/C21H25N3O2S/c1-14-12-18-20(27-14)17(13-24-8-10-26-11-9-24)19(23-18)21(25)22-15(2)16-6-4-3-5-7-16/h3-7,12,15,23H,8-11,13H2,1-2H3,(H,22,25). The maximum atomic E-state index is 13.1. The molecule has 0 radical (unpaired) electrons. The van der Waals surface area contributed by atoms with E-state index in [1.165, 1.54) is 9.58 Å². The van der Waals surface area contributed by atoms with Gasteiger partial charge in [-0.2, -0.15) is 0 Å². The molecule has 0 saturated carbocycles. The molecule has 3 heterocycles. The van der Waals surface area contributed by atoms with Gasteiger partial charge >= 0.3 is 0 Å². The summed E-state index contributed by atoms with van der Waals surface area (Å²) in [5.74, 6) is -0.0457. The molecule has 2 aromatic heterocycles. The number of carbonyl (C=O) groups excluding carboxylic acids is 1. The third kappa shape index (κ3) is 3.93. The van der Waals surface area contributed by atoms with E-state index < -0.39 is 0 Å². The highest BCUT2D eigenvalue weighted by atomic mass is 32.1. The van der Waals surface area contributed by atoms with Crippen LogP contribution in [0.1, 0.15) is 39.5 Å². The Morgan fingerprint density at radius 3 is 2.78 bits per heavy atom. The van der Waals surface area contributed by atoms with Gasteiger partial charge in [0.1, 0.15) is 5.69 Å². The Kier molecular flexibility index (Phi) is 5.29. The van der Waals surface area contributed by atoms with E-state index in [4.69, 9.17) is 4.74 Å². The Labute approximate surface area is 163 Å². The van der Waals surface area contributed by atoms with Crippen molar-refractivity contribution in [2.45, 2.75) is 26.4 Å². The first-order valence-corrected chi connectivity index (χ1v) is 10.2. The second-order valence-corrected chi connectivity index (χ2v) is 8.33. The number of nitrogens with zero attached hydrogens (tertiary/aromatic N) is 1. The molecule has 1 saturated heterocycles. The summed E-state index contributed by atoms with van der Waals surface area (Å²) in [6.45, 7) is 8.20. The molecule has 0 bridgehead atoms. The van der Waals surface area contributed by atoms with Crippen molar-refractivity contribution in [3.05, 3.63) is 58.1 Å². The van der Waals surface area contributed by atoms with Crippen LogP contribution < -0.4 is 5.32 Å². The number of carbonyl (C=O) groups is 1. The molecule has 1 fully saturated rings. The zero-order chi connectivity index (χ0) is 18.8. The molecular formula is C21H25N3O2S. The van der Waals surface area contributed by atoms with Crippen molar-refractivity contribution in [2.75, 3.05) is 26.3 Å². The second-order valence-electron chi connectivity index (χ2n) is 7.07. The molecule has 2 N–H and O–H groups in total. The quantitative estimate of drug-likeness (QED) is 0.703. The van der Waals surface area contributed by atoms with Crippen molar-refractivity contribution in [2.24, 2.45) is 0 Å². The predicted molar refractivity (Wildman–Crippen MR) is 109 cm³/mol. The fraction of sp³-hybridized carbons (Fsp3) is 0.381. The number of amides is 1. The number of hydrogen-bond donors (Lipinski definition) is 2. The highest BCUT2D eigenvalue weighted by Gasteiger charge is 2.23. The van der Waals surface area contributed by atoms with Gasteiger partial charge in [-0.15, -0.1) is 11.3 Å². The van der Waals surface area contributed by atoms with E-state index >= 15 is 0 Å². The van der Waals surface area contributed by atoms with Gasteiger partial charge in [-0.05, 0) is 25.5 Å². The smallest absolute Gasteiger partial charge is 0.268 e. The van der Waals surface area contributed by atoms with Gasteiger partial charge in [0.2, 0.25) is 0 Å². The number of nitrogens with one attached hydrogen (secondary N) is 2. The van der Waals surface area contributed by atoms with E-state index in [1.54, 1.807) is 11.3 Å². The number of benzene rings is 1. The van der Waals surface area contributed by atoms with Gasteiger partial charge in [-0.25, -0.2) is 0 Å². The SMILES string of the molecule is Cc1cc2[nH]c(C(=O)NC(C)c3ccccc3)c(CN3CCOCC3)c2s1. The van der Waals surface area contributed by atoms with Gasteiger partial charge in [-0.1, -0.05) is 30.3 Å². The maximum Gasteiger partial charge on any atom is 0.268 e. The molecule has 1 aliphatic rings. The molecule has 1 unspecified atom stereocenters. The van der Waals surface area contributed by atoms with Crippen LogP contribution in [0.25, 0.3) is 10.2 Å². The number of H-pyrrole nitrogens is 1.